The van der Waals surface area contributed by atoms with Crippen LogP contribution >= 0.6 is 0 Å². The monoisotopic (exact) mass is 477 g/mol. The Morgan fingerprint density at radius 3 is 1.03 bits per heavy atom. The highest BCUT2D eigenvalue weighted by molar-refractivity contribution is 4.97. The molecule has 0 amide bonds. The van der Waals surface area contributed by atoms with Crippen LogP contribution in [0.4, 0.5) is 0 Å². The normalized spacial score (nSPS) is 15.7. The third-order valence-corrected chi connectivity index (χ3v) is 7.82. The lowest BCUT2D eigenvalue weighted by atomic mass is 10.1. The van der Waals surface area contributed by atoms with Crippen molar-refractivity contribution in [2.45, 2.75) is 181 Å². The summed E-state index contributed by atoms with van der Waals surface area (Å²) in [5.74, 6) is 0. The molecule has 0 aliphatic carbocycles. The van der Waals surface area contributed by atoms with Gasteiger partial charge in [0.05, 0.1) is 0 Å². The summed E-state index contributed by atoms with van der Waals surface area (Å²) < 4.78 is 0. The highest BCUT2D eigenvalue weighted by Crippen LogP contribution is 2.24. The third kappa shape index (κ3) is 16.9. The van der Waals surface area contributed by atoms with Gasteiger partial charge in [-0.3, -0.25) is 0 Å². The zero-order valence-electron chi connectivity index (χ0n) is 24.0. The average Bonchev–Trinajstić information content (AvgIpc) is 3.23. The molecule has 34 heavy (non-hydrogen) atoms. The van der Waals surface area contributed by atoms with E-state index in [4.69, 9.17) is 0 Å². The van der Waals surface area contributed by atoms with Crippen molar-refractivity contribution in [1.29, 1.82) is 0 Å². The van der Waals surface area contributed by atoms with E-state index in [2.05, 4.69) is 43.0 Å². The fraction of sp³-hybridized carbons (Fsp3) is 0.938. The van der Waals surface area contributed by atoms with Crippen molar-refractivity contribution >= 4 is 0 Å². The van der Waals surface area contributed by atoms with Gasteiger partial charge in [0.1, 0.15) is 6.17 Å². The largest absolute Gasteiger partial charge is 0.356 e. The van der Waals surface area contributed by atoms with E-state index in [-0.39, 0.29) is 0 Å². The molecule has 1 unspecified atom stereocenters. The Balaban J connectivity index is 2.24. The van der Waals surface area contributed by atoms with Gasteiger partial charge in [0.25, 0.3) is 0 Å². The first-order valence-electron chi connectivity index (χ1n) is 16.0. The van der Waals surface area contributed by atoms with Crippen molar-refractivity contribution < 1.29 is 0 Å². The van der Waals surface area contributed by atoms with Gasteiger partial charge in [-0.1, -0.05) is 149 Å². The van der Waals surface area contributed by atoms with Gasteiger partial charge in [0.15, 0.2) is 0 Å². The summed E-state index contributed by atoms with van der Waals surface area (Å²) in [6.07, 6.45) is 39.5. The third-order valence-electron chi connectivity index (χ3n) is 7.82. The van der Waals surface area contributed by atoms with Crippen LogP contribution in [-0.2, 0) is 0 Å². The molecule has 0 bridgehead atoms. The molecule has 0 aromatic heterocycles. The van der Waals surface area contributed by atoms with Gasteiger partial charge < -0.3 is 9.80 Å². The predicted molar refractivity (Wildman–Crippen MR) is 154 cm³/mol. The number of hydrogen-bond donors (Lipinski definition) is 0. The Kier molecular flexibility index (Phi) is 22.2. The second-order valence-electron chi connectivity index (χ2n) is 11.1. The van der Waals surface area contributed by atoms with Crippen molar-refractivity contribution in [3.63, 3.8) is 0 Å². The van der Waals surface area contributed by atoms with Crippen LogP contribution in [0.3, 0.4) is 0 Å². The zero-order chi connectivity index (χ0) is 24.5. The van der Waals surface area contributed by atoms with Crippen molar-refractivity contribution in [3.8, 4) is 0 Å². The summed E-state index contributed by atoms with van der Waals surface area (Å²) in [5, 5.41) is 0. The summed E-state index contributed by atoms with van der Waals surface area (Å²) in [4.78, 5) is 5.38. The van der Waals surface area contributed by atoms with Crippen LogP contribution in [0.5, 0.6) is 0 Å². The van der Waals surface area contributed by atoms with Crippen LogP contribution in [0.15, 0.2) is 12.4 Å². The van der Waals surface area contributed by atoms with E-state index in [9.17, 15) is 0 Å². The smallest absolute Gasteiger partial charge is 0.101 e. The second-order valence-corrected chi connectivity index (χ2v) is 11.1. The van der Waals surface area contributed by atoms with Gasteiger partial charge >= 0.3 is 0 Å². The van der Waals surface area contributed by atoms with E-state index in [1.807, 2.05) is 0 Å². The SMILES string of the molecule is CCCCCCCCCCCCN1C=CN(CCCCCCC)C1CCCCCCCCCC. The molecule has 202 valence electrons. The fourth-order valence-electron chi connectivity index (χ4n) is 5.48. The minimum absolute atomic E-state index is 0.643. The average molecular weight is 477 g/mol. The van der Waals surface area contributed by atoms with Crippen LogP contribution in [0.2, 0.25) is 0 Å². The molecule has 2 heteroatoms. The summed E-state index contributed by atoms with van der Waals surface area (Å²) in [6.45, 7) is 9.46. The van der Waals surface area contributed by atoms with Gasteiger partial charge in [0.2, 0.25) is 0 Å². The topological polar surface area (TPSA) is 6.48 Å². The van der Waals surface area contributed by atoms with Crippen molar-refractivity contribution in [1.82, 2.24) is 9.80 Å². The molecular weight excluding hydrogens is 412 g/mol. The fourth-order valence-corrected chi connectivity index (χ4v) is 5.48. The molecule has 0 aromatic rings. The van der Waals surface area contributed by atoms with Crippen molar-refractivity contribution in [2.24, 2.45) is 0 Å². The summed E-state index contributed by atoms with van der Waals surface area (Å²) in [5.41, 5.74) is 0. The second kappa shape index (κ2) is 24.1. The minimum atomic E-state index is 0.643. The van der Waals surface area contributed by atoms with Gasteiger partial charge in [-0.25, -0.2) is 0 Å². The maximum Gasteiger partial charge on any atom is 0.101 e. The first kappa shape index (κ1) is 31.4. The molecule has 0 aromatic carbocycles. The van der Waals surface area contributed by atoms with E-state index >= 15 is 0 Å². The highest BCUT2D eigenvalue weighted by atomic mass is 15.4. The molecule has 0 N–H and O–H groups in total. The van der Waals surface area contributed by atoms with Gasteiger partial charge in [-0.15, -0.1) is 0 Å². The first-order chi connectivity index (χ1) is 16.8. The predicted octanol–water partition coefficient (Wildman–Crippen LogP) is 10.8. The minimum Gasteiger partial charge on any atom is -0.356 e. The number of rotatable bonds is 26. The molecule has 1 aliphatic rings. The Labute approximate surface area is 216 Å². The molecule has 2 nitrogen and oxygen atoms in total. The van der Waals surface area contributed by atoms with Gasteiger partial charge in [0, 0.05) is 25.5 Å². The lowest BCUT2D eigenvalue weighted by Gasteiger charge is -2.33. The number of nitrogens with zero attached hydrogens (tertiary/aromatic N) is 2. The Morgan fingerprint density at radius 1 is 0.382 bits per heavy atom. The standard InChI is InChI=1S/C32H64N2/c1-4-7-10-13-15-17-18-20-23-26-29-34-31-30-33(28-25-22-12-9-6-3)32(34)27-24-21-19-16-14-11-8-5-2/h30-32H,4-29H2,1-3H3. The molecule has 0 radical (unpaired) electrons. The maximum atomic E-state index is 2.69. The first-order valence-corrected chi connectivity index (χ1v) is 16.0. The molecule has 1 heterocycles. The van der Waals surface area contributed by atoms with E-state index in [0.29, 0.717) is 6.17 Å². The summed E-state index contributed by atoms with van der Waals surface area (Å²) >= 11 is 0. The summed E-state index contributed by atoms with van der Waals surface area (Å²) in [7, 11) is 0. The molecular formula is C32H64N2. The highest BCUT2D eigenvalue weighted by Gasteiger charge is 2.24. The summed E-state index contributed by atoms with van der Waals surface area (Å²) in [6, 6.07) is 0. The molecule has 0 saturated heterocycles. The van der Waals surface area contributed by atoms with Crippen molar-refractivity contribution in [2.75, 3.05) is 13.1 Å². The number of unbranched alkanes of at least 4 members (excludes halogenated alkanes) is 20. The lowest BCUT2D eigenvalue weighted by molar-refractivity contribution is 0.135. The van der Waals surface area contributed by atoms with Crippen LogP contribution in [-0.4, -0.2) is 29.1 Å². The maximum absolute atomic E-state index is 2.69. The molecule has 0 spiro atoms. The van der Waals surface area contributed by atoms with Crippen molar-refractivity contribution in [3.05, 3.63) is 12.4 Å². The molecule has 0 saturated carbocycles. The van der Waals surface area contributed by atoms with Crippen LogP contribution < -0.4 is 0 Å². The zero-order valence-corrected chi connectivity index (χ0v) is 24.0. The molecule has 0 fully saturated rings. The Morgan fingerprint density at radius 2 is 0.676 bits per heavy atom. The quantitative estimate of drug-likeness (QED) is 0.114. The Bertz CT molecular complexity index is 433. The van der Waals surface area contributed by atoms with E-state index in [1.165, 1.54) is 167 Å². The lowest BCUT2D eigenvalue weighted by Crippen LogP contribution is -2.39. The van der Waals surface area contributed by atoms with E-state index in [0.717, 1.165) is 0 Å². The molecule has 1 atom stereocenters. The van der Waals surface area contributed by atoms with Gasteiger partial charge in [-0.05, 0) is 25.7 Å². The van der Waals surface area contributed by atoms with Crippen LogP contribution in [0.1, 0.15) is 175 Å². The van der Waals surface area contributed by atoms with Crippen LogP contribution in [0.25, 0.3) is 0 Å². The van der Waals surface area contributed by atoms with E-state index in [1.54, 1.807) is 0 Å². The Hall–Kier alpha value is -0.660. The molecule has 1 rings (SSSR count). The molecule has 1 aliphatic heterocycles. The van der Waals surface area contributed by atoms with Gasteiger partial charge in [-0.2, -0.15) is 0 Å². The number of hydrogen-bond acceptors (Lipinski definition) is 2. The van der Waals surface area contributed by atoms with E-state index < -0.39 is 0 Å². The van der Waals surface area contributed by atoms with Crippen LogP contribution in [0, 0.1) is 0 Å².